The van der Waals surface area contributed by atoms with Gasteiger partial charge in [0, 0.05) is 17.6 Å². The van der Waals surface area contributed by atoms with Crippen LogP contribution in [0.4, 0.5) is 22.7 Å². The molecule has 0 aliphatic carbocycles. The molecule has 3 aromatic carbocycles. The lowest BCUT2D eigenvalue weighted by molar-refractivity contribution is -0.151. The van der Waals surface area contributed by atoms with E-state index in [1.54, 1.807) is 84.9 Å². The zero-order valence-electron chi connectivity index (χ0n) is 19.0. The van der Waals surface area contributed by atoms with Gasteiger partial charge in [-0.25, -0.2) is 0 Å². The molecule has 1 aromatic heterocycles. The molecule has 9 heteroatoms. The molecular weight excluding hydrogens is 458 g/mol. The fraction of sp³-hybridized carbons (Fsp3) is 0.0370. The molecule has 0 saturated carbocycles. The lowest BCUT2D eigenvalue weighted by atomic mass is 9.94. The van der Waals surface area contributed by atoms with Gasteiger partial charge >= 0.3 is 0 Å². The highest BCUT2D eigenvalue weighted by Crippen LogP contribution is 2.32. The van der Waals surface area contributed by atoms with Gasteiger partial charge in [0.2, 0.25) is 0 Å². The number of pyridine rings is 1. The van der Waals surface area contributed by atoms with E-state index in [0.29, 0.717) is 22.7 Å². The standard InChI is InChI=1S/C27H23N5O4/c28-21-13-7-8-14-22(21)31-24(33)18-15-16-23(30-17-18)27(36,25(29)34)26(35)32(19-9-3-1-4-10-19)20-11-5-2-6-12-20/h1-17,36H,28H2,(H2,29,34)(H,31,33). The summed E-state index contributed by atoms with van der Waals surface area (Å²) in [6.45, 7) is 0. The fourth-order valence-corrected chi connectivity index (χ4v) is 3.59. The summed E-state index contributed by atoms with van der Waals surface area (Å²) < 4.78 is 0. The Labute approximate surface area is 207 Å². The zero-order valence-corrected chi connectivity index (χ0v) is 19.0. The molecule has 4 aromatic rings. The van der Waals surface area contributed by atoms with Crippen LogP contribution < -0.4 is 21.7 Å². The Morgan fingerprint density at radius 1 is 0.806 bits per heavy atom. The van der Waals surface area contributed by atoms with Gasteiger partial charge in [0.25, 0.3) is 23.3 Å². The molecule has 0 fully saturated rings. The Bertz CT molecular complexity index is 1360. The van der Waals surface area contributed by atoms with Crippen molar-refractivity contribution >= 4 is 40.5 Å². The van der Waals surface area contributed by atoms with Crippen LogP contribution >= 0.6 is 0 Å². The van der Waals surface area contributed by atoms with Crippen molar-refractivity contribution in [3.8, 4) is 0 Å². The quantitative estimate of drug-likeness (QED) is 0.235. The Balaban J connectivity index is 1.69. The summed E-state index contributed by atoms with van der Waals surface area (Å²) >= 11 is 0. The van der Waals surface area contributed by atoms with E-state index in [4.69, 9.17) is 11.5 Å². The highest BCUT2D eigenvalue weighted by atomic mass is 16.3. The van der Waals surface area contributed by atoms with Crippen molar-refractivity contribution in [2.45, 2.75) is 5.60 Å². The Morgan fingerprint density at radius 2 is 1.36 bits per heavy atom. The topological polar surface area (TPSA) is 152 Å². The van der Waals surface area contributed by atoms with Gasteiger partial charge in [0.05, 0.1) is 22.6 Å². The smallest absolute Gasteiger partial charge is 0.279 e. The maximum Gasteiger partial charge on any atom is 0.279 e. The van der Waals surface area contributed by atoms with E-state index in [0.717, 1.165) is 6.20 Å². The molecule has 0 radical (unpaired) electrons. The second-order valence-electron chi connectivity index (χ2n) is 7.86. The number of carbonyl (C=O) groups excluding carboxylic acids is 3. The minimum absolute atomic E-state index is 0.115. The molecule has 1 atom stereocenters. The van der Waals surface area contributed by atoms with E-state index in [2.05, 4.69) is 10.3 Å². The Hall–Kier alpha value is -5.02. The fourth-order valence-electron chi connectivity index (χ4n) is 3.59. The number of nitrogen functional groups attached to an aromatic ring is 1. The predicted octanol–water partition coefficient (Wildman–Crippen LogP) is 2.95. The summed E-state index contributed by atoms with van der Waals surface area (Å²) in [5.41, 5.74) is 9.99. The van der Waals surface area contributed by atoms with Crippen LogP contribution in [0.15, 0.2) is 103 Å². The molecule has 4 rings (SSSR count). The maximum absolute atomic E-state index is 13.7. The van der Waals surface area contributed by atoms with Gasteiger partial charge in [-0.2, -0.15) is 0 Å². The van der Waals surface area contributed by atoms with Gasteiger partial charge < -0.3 is 21.9 Å². The monoisotopic (exact) mass is 481 g/mol. The van der Waals surface area contributed by atoms with E-state index in [1.807, 2.05) is 0 Å². The number of amides is 3. The molecule has 0 aliphatic heterocycles. The van der Waals surface area contributed by atoms with E-state index >= 15 is 0 Å². The summed E-state index contributed by atoms with van der Waals surface area (Å²) in [6, 6.07) is 26.3. The lowest BCUT2D eigenvalue weighted by Gasteiger charge is -2.31. The van der Waals surface area contributed by atoms with E-state index in [1.165, 1.54) is 17.0 Å². The van der Waals surface area contributed by atoms with E-state index in [9.17, 15) is 19.5 Å². The summed E-state index contributed by atoms with van der Waals surface area (Å²) in [4.78, 5) is 44.1. The van der Waals surface area contributed by atoms with Crippen molar-refractivity contribution in [1.29, 1.82) is 0 Å². The number of aliphatic hydroxyl groups is 1. The van der Waals surface area contributed by atoms with Crippen molar-refractivity contribution in [2.75, 3.05) is 16.0 Å². The van der Waals surface area contributed by atoms with Crippen LogP contribution in [-0.4, -0.2) is 27.8 Å². The number of nitrogens with zero attached hydrogens (tertiary/aromatic N) is 2. The third kappa shape index (κ3) is 4.63. The second-order valence-corrected chi connectivity index (χ2v) is 7.86. The molecule has 3 amide bonds. The van der Waals surface area contributed by atoms with Crippen LogP contribution in [0.3, 0.4) is 0 Å². The van der Waals surface area contributed by atoms with Gasteiger partial charge in [-0.3, -0.25) is 24.3 Å². The first-order valence-electron chi connectivity index (χ1n) is 10.9. The van der Waals surface area contributed by atoms with Crippen LogP contribution in [0.5, 0.6) is 0 Å². The first-order chi connectivity index (χ1) is 17.3. The molecule has 1 heterocycles. The molecule has 1 unspecified atom stereocenters. The summed E-state index contributed by atoms with van der Waals surface area (Å²) in [5, 5.41) is 14.0. The number of carbonyl (C=O) groups is 3. The first-order valence-corrected chi connectivity index (χ1v) is 10.9. The normalized spacial score (nSPS) is 12.2. The van der Waals surface area contributed by atoms with Gasteiger partial charge in [-0.05, 0) is 48.5 Å². The lowest BCUT2D eigenvalue weighted by Crippen LogP contribution is -2.54. The molecule has 9 nitrogen and oxygen atoms in total. The molecular formula is C27H23N5O4. The van der Waals surface area contributed by atoms with Crippen LogP contribution in [0, 0.1) is 0 Å². The first kappa shape index (κ1) is 24.1. The van der Waals surface area contributed by atoms with Crippen LogP contribution in [0.1, 0.15) is 16.1 Å². The largest absolute Gasteiger partial charge is 0.397 e. The summed E-state index contributed by atoms with van der Waals surface area (Å²) in [7, 11) is 0. The number of anilines is 4. The average molecular weight is 482 g/mol. The summed E-state index contributed by atoms with van der Waals surface area (Å²) in [6.07, 6.45) is 1.14. The van der Waals surface area contributed by atoms with Gasteiger partial charge in [0.15, 0.2) is 0 Å². The zero-order chi connectivity index (χ0) is 25.7. The van der Waals surface area contributed by atoms with Crippen LogP contribution in [0.2, 0.25) is 0 Å². The van der Waals surface area contributed by atoms with Crippen LogP contribution in [0.25, 0.3) is 0 Å². The number of rotatable bonds is 7. The number of hydrogen-bond donors (Lipinski definition) is 4. The predicted molar refractivity (Wildman–Crippen MR) is 136 cm³/mol. The third-order valence-electron chi connectivity index (χ3n) is 5.50. The van der Waals surface area contributed by atoms with Crippen molar-refractivity contribution in [2.24, 2.45) is 5.73 Å². The van der Waals surface area contributed by atoms with Crippen molar-refractivity contribution in [3.63, 3.8) is 0 Å². The minimum atomic E-state index is -2.81. The molecule has 0 saturated heterocycles. The SMILES string of the molecule is NC(=O)C(O)(C(=O)N(c1ccccc1)c1ccccc1)c1ccc(C(=O)Nc2ccccc2N)cn1. The number of aromatic nitrogens is 1. The third-order valence-corrected chi connectivity index (χ3v) is 5.50. The van der Waals surface area contributed by atoms with Gasteiger partial charge in [-0.1, -0.05) is 48.5 Å². The maximum atomic E-state index is 13.7. The number of benzene rings is 3. The Kier molecular flexibility index (Phi) is 6.75. The number of nitrogens with two attached hydrogens (primary N) is 2. The highest BCUT2D eigenvalue weighted by molar-refractivity contribution is 6.17. The molecule has 36 heavy (non-hydrogen) atoms. The molecule has 180 valence electrons. The Morgan fingerprint density at radius 3 is 1.86 bits per heavy atom. The second kappa shape index (κ2) is 10.1. The number of primary amides is 1. The molecule has 6 N–H and O–H groups in total. The van der Waals surface area contributed by atoms with Crippen molar-refractivity contribution < 1.29 is 19.5 Å². The minimum Gasteiger partial charge on any atom is -0.397 e. The average Bonchev–Trinajstić information content (AvgIpc) is 2.91. The number of nitrogens with one attached hydrogen (secondary N) is 1. The van der Waals surface area contributed by atoms with E-state index in [-0.39, 0.29) is 11.3 Å². The molecule has 0 aliphatic rings. The van der Waals surface area contributed by atoms with Crippen molar-refractivity contribution in [3.05, 3.63) is 115 Å². The number of hydrogen-bond acceptors (Lipinski definition) is 6. The van der Waals surface area contributed by atoms with Gasteiger partial charge in [0.1, 0.15) is 0 Å². The van der Waals surface area contributed by atoms with E-state index < -0.39 is 23.3 Å². The molecule has 0 bridgehead atoms. The van der Waals surface area contributed by atoms with Gasteiger partial charge in [-0.15, -0.1) is 0 Å². The van der Waals surface area contributed by atoms with Crippen LogP contribution in [-0.2, 0) is 15.2 Å². The van der Waals surface area contributed by atoms with Crippen molar-refractivity contribution in [1.82, 2.24) is 4.98 Å². The highest BCUT2D eigenvalue weighted by Gasteiger charge is 2.49. The summed E-state index contributed by atoms with van der Waals surface area (Å²) in [5.74, 6) is -2.85. The number of para-hydroxylation sites is 4. The molecule has 0 spiro atoms.